The molecule has 8 nitrogen and oxygen atoms in total. The van der Waals surface area contributed by atoms with Gasteiger partial charge in [-0.25, -0.2) is 4.39 Å². The van der Waals surface area contributed by atoms with Crippen LogP contribution in [0.5, 0.6) is 0 Å². The molecule has 1 fully saturated rings. The molecule has 0 saturated heterocycles. The van der Waals surface area contributed by atoms with Crippen LogP contribution in [0.25, 0.3) is 11.5 Å². The van der Waals surface area contributed by atoms with Crippen LogP contribution in [-0.4, -0.2) is 27.3 Å². The zero-order valence-electron chi connectivity index (χ0n) is 21.0. The summed E-state index contributed by atoms with van der Waals surface area (Å²) in [7, 11) is 0. The number of benzene rings is 1. The van der Waals surface area contributed by atoms with E-state index >= 15 is 0 Å². The second-order valence-electron chi connectivity index (χ2n) is 10.5. The Bertz CT molecular complexity index is 1340. The average Bonchev–Trinajstić information content (AvgIpc) is 3.35. The Morgan fingerprint density at radius 1 is 1.18 bits per heavy atom. The van der Waals surface area contributed by atoms with E-state index < -0.39 is 40.7 Å². The van der Waals surface area contributed by atoms with Gasteiger partial charge in [-0.1, -0.05) is 42.7 Å². The van der Waals surface area contributed by atoms with Gasteiger partial charge in [-0.3, -0.25) is 9.59 Å². The summed E-state index contributed by atoms with van der Waals surface area (Å²) in [4.78, 5) is 24.2. The van der Waals surface area contributed by atoms with Crippen LogP contribution in [0.4, 0.5) is 18.9 Å². The van der Waals surface area contributed by atoms with Gasteiger partial charge in [0.2, 0.25) is 11.7 Å². The zero-order valence-corrected chi connectivity index (χ0v) is 21.7. The fraction of sp³-hybridized carbons (Fsp3) is 0.462. The molecule has 1 amide bonds. The summed E-state index contributed by atoms with van der Waals surface area (Å²) < 4.78 is 54.4. The van der Waals surface area contributed by atoms with Gasteiger partial charge < -0.3 is 19.5 Å². The summed E-state index contributed by atoms with van der Waals surface area (Å²) in [5.74, 6) is -6.85. The molecule has 12 heteroatoms. The number of nitrogens with zero attached hydrogens (tertiary/aromatic N) is 2. The largest absolute Gasteiger partial charge is 0.481 e. The molecule has 0 bridgehead atoms. The molecular formula is C26H27ClF3N3O5. The number of carboxylic acid groups (broad SMARTS) is 1. The van der Waals surface area contributed by atoms with Crippen LogP contribution in [0.1, 0.15) is 81.7 Å². The van der Waals surface area contributed by atoms with Crippen molar-refractivity contribution in [3.63, 3.8) is 0 Å². The maximum Gasteiger partial charge on any atom is 0.312 e. The lowest BCUT2D eigenvalue weighted by Gasteiger charge is -2.27. The van der Waals surface area contributed by atoms with Crippen molar-refractivity contribution in [1.29, 1.82) is 0 Å². The molecular weight excluding hydrogens is 527 g/mol. The third-order valence-corrected chi connectivity index (χ3v) is 6.70. The number of carbonyl (C=O) groups excluding carboxylic acids is 1. The molecule has 1 saturated carbocycles. The van der Waals surface area contributed by atoms with Gasteiger partial charge in [-0.15, -0.1) is 0 Å². The Labute approximate surface area is 221 Å². The van der Waals surface area contributed by atoms with E-state index in [1.807, 2.05) is 0 Å². The summed E-state index contributed by atoms with van der Waals surface area (Å²) in [6, 6.07) is 4.92. The van der Waals surface area contributed by atoms with Gasteiger partial charge in [0.05, 0.1) is 11.4 Å². The highest BCUT2D eigenvalue weighted by molar-refractivity contribution is 6.30. The molecule has 1 aliphatic rings. The first-order valence-electron chi connectivity index (χ1n) is 12.1. The first-order valence-corrected chi connectivity index (χ1v) is 12.5. The molecule has 1 atom stereocenters. The summed E-state index contributed by atoms with van der Waals surface area (Å²) in [6.45, 7) is 4.14. The van der Waals surface area contributed by atoms with E-state index in [0.29, 0.717) is 11.3 Å². The summed E-state index contributed by atoms with van der Waals surface area (Å²) in [5.41, 5.74) is -0.523. The van der Waals surface area contributed by atoms with Gasteiger partial charge >= 0.3 is 11.9 Å². The van der Waals surface area contributed by atoms with Crippen molar-refractivity contribution in [3.05, 3.63) is 52.1 Å². The standard InChI is InChI=1S/C26H27ClF3N3O5/c1-25(2,3)26(29,30)19-12-18(32-37-19)24-22(13-4-5-13)23(33-38-24)14(6-9-21(35)36)10-20(34)31-17-8-7-15(27)11-16(17)28/h7-8,11-14H,4-6,9-10H2,1-3H3,(H,31,34)(H,35,36)/t14-/m0/s1. The molecule has 2 aromatic heterocycles. The third-order valence-electron chi connectivity index (χ3n) is 6.47. The van der Waals surface area contributed by atoms with E-state index in [1.54, 1.807) is 0 Å². The average molecular weight is 554 g/mol. The predicted molar refractivity (Wildman–Crippen MR) is 132 cm³/mol. The molecule has 38 heavy (non-hydrogen) atoms. The van der Waals surface area contributed by atoms with Crippen molar-refractivity contribution in [2.45, 2.75) is 70.6 Å². The number of aromatic nitrogens is 2. The highest BCUT2D eigenvalue weighted by Crippen LogP contribution is 2.50. The maximum absolute atomic E-state index is 14.8. The number of hydrogen-bond acceptors (Lipinski definition) is 6. The van der Waals surface area contributed by atoms with Crippen molar-refractivity contribution in [3.8, 4) is 11.5 Å². The number of nitrogens with one attached hydrogen (secondary N) is 1. The van der Waals surface area contributed by atoms with Crippen LogP contribution in [0.3, 0.4) is 0 Å². The number of aliphatic carboxylic acids is 1. The van der Waals surface area contributed by atoms with Gasteiger partial charge in [0.1, 0.15) is 5.82 Å². The molecule has 3 aromatic rings. The molecule has 0 spiro atoms. The number of carbonyl (C=O) groups is 2. The number of hydrogen-bond donors (Lipinski definition) is 2. The Hall–Kier alpha value is -3.34. The van der Waals surface area contributed by atoms with Crippen LogP contribution in [-0.2, 0) is 15.5 Å². The normalized spacial score (nSPS) is 14.9. The van der Waals surface area contributed by atoms with Gasteiger partial charge in [-0.05, 0) is 43.4 Å². The molecule has 0 aliphatic heterocycles. The van der Waals surface area contributed by atoms with E-state index in [1.165, 1.54) is 32.9 Å². The first-order chi connectivity index (χ1) is 17.8. The summed E-state index contributed by atoms with van der Waals surface area (Å²) in [6.07, 6.45) is 1.12. The highest BCUT2D eigenvalue weighted by Gasteiger charge is 2.49. The number of carboxylic acids is 1. The number of rotatable bonds is 10. The molecule has 4 rings (SSSR count). The Morgan fingerprint density at radius 2 is 1.89 bits per heavy atom. The zero-order chi connectivity index (χ0) is 27.8. The molecule has 2 heterocycles. The van der Waals surface area contributed by atoms with Crippen molar-refractivity contribution < 1.29 is 36.9 Å². The van der Waals surface area contributed by atoms with Crippen molar-refractivity contribution in [1.82, 2.24) is 10.3 Å². The first kappa shape index (κ1) is 27.7. The second-order valence-corrected chi connectivity index (χ2v) is 10.9. The topological polar surface area (TPSA) is 118 Å². The van der Waals surface area contributed by atoms with Gasteiger partial charge in [0.25, 0.3) is 0 Å². The van der Waals surface area contributed by atoms with Crippen molar-refractivity contribution in [2.75, 3.05) is 5.32 Å². The molecule has 1 aromatic carbocycles. The molecule has 1 aliphatic carbocycles. The Kier molecular flexibility index (Phi) is 7.60. The SMILES string of the molecule is CC(C)(C)C(F)(F)c1cc(-c2onc([C@@H](CCC(=O)O)CC(=O)Nc3ccc(Cl)cc3F)c2C2CC2)no1. The fourth-order valence-corrected chi connectivity index (χ4v) is 4.26. The number of alkyl halides is 2. The fourth-order valence-electron chi connectivity index (χ4n) is 4.10. The minimum atomic E-state index is -3.31. The third kappa shape index (κ3) is 5.87. The predicted octanol–water partition coefficient (Wildman–Crippen LogP) is 7.11. The van der Waals surface area contributed by atoms with E-state index in [-0.39, 0.29) is 47.3 Å². The van der Waals surface area contributed by atoms with Crippen LogP contribution in [0, 0.1) is 11.2 Å². The summed E-state index contributed by atoms with van der Waals surface area (Å²) in [5, 5.41) is 19.8. The lowest BCUT2D eigenvalue weighted by molar-refractivity contribution is -0.137. The Morgan fingerprint density at radius 3 is 2.50 bits per heavy atom. The number of anilines is 1. The van der Waals surface area contributed by atoms with Crippen molar-refractivity contribution >= 4 is 29.2 Å². The summed E-state index contributed by atoms with van der Waals surface area (Å²) >= 11 is 5.76. The molecule has 2 N–H and O–H groups in total. The smallest absolute Gasteiger partial charge is 0.312 e. The Balaban J connectivity index is 1.64. The highest BCUT2D eigenvalue weighted by atomic mass is 35.5. The molecule has 0 radical (unpaired) electrons. The van der Waals surface area contributed by atoms with Gasteiger partial charge in [0, 0.05) is 40.8 Å². The number of amides is 1. The number of halogens is 4. The van der Waals surface area contributed by atoms with Crippen LogP contribution < -0.4 is 5.32 Å². The second kappa shape index (κ2) is 10.4. The van der Waals surface area contributed by atoms with E-state index in [4.69, 9.17) is 20.6 Å². The van der Waals surface area contributed by atoms with E-state index in [9.17, 15) is 27.9 Å². The quantitative estimate of drug-likeness (QED) is 0.274. The molecule has 204 valence electrons. The van der Waals surface area contributed by atoms with Crippen LogP contribution in [0.2, 0.25) is 5.02 Å². The van der Waals surface area contributed by atoms with Gasteiger partial charge in [0.15, 0.2) is 11.5 Å². The van der Waals surface area contributed by atoms with Crippen LogP contribution in [0.15, 0.2) is 33.3 Å². The van der Waals surface area contributed by atoms with E-state index in [2.05, 4.69) is 15.6 Å². The minimum Gasteiger partial charge on any atom is -0.481 e. The minimum absolute atomic E-state index is 0.0152. The molecule has 0 unspecified atom stereocenters. The van der Waals surface area contributed by atoms with Gasteiger partial charge in [-0.2, -0.15) is 8.78 Å². The van der Waals surface area contributed by atoms with E-state index in [0.717, 1.165) is 25.0 Å². The lowest BCUT2D eigenvalue weighted by atomic mass is 9.86. The lowest BCUT2D eigenvalue weighted by Crippen LogP contribution is -2.30. The monoisotopic (exact) mass is 553 g/mol. The maximum atomic E-state index is 14.8. The van der Waals surface area contributed by atoms with Crippen molar-refractivity contribution in [2.24, 2.45) is 5.41 Å². The van der Waals surface area contributed by atoms with Crippen LogP contribution >= 0.6 is 11.6 Å².